The zero-order valence-corrected chi connectivity index (χ0v) is 13.0. The molecule has 2 rings (SSSR count). The van der Waals surface area contributed by atoms with Gasteiger partial charge in [-0.2, -0.15) is 0 Å². The first-order valence-electron chi connectivity index (χ1n) is 6.94. The molecule has 6 heteroatoms. The second kappa shape index (κ2) is 6.87. The van der Waals surface area contributed by atoms with E-state index >= 15 is 0 Å². The summed E-state index contributed by atoms with van der Waals surface area (Å²) in [7, 11) is 0. The van der Waals surface area contributed by atoms with Crippen molar-refractivity contribution < 1.29 is 13.6 Å². The summed E-state index contributed by atoms with van der Waals surface area (Å²) in [5, 5.41) is 0. The molecule has 0 radical (unpaired) electrons. The molecule has 114 valence electrons. The lowest BCUT2D eigenvalue weighted by Crippen LogP contribution is -2.29. The molecule has 21 heavy (non-hydrogen) atoms. The monoisotopic (exact) mass is 307 g/mol. The third kappa shape index (κ3) is 3.92. The molecule has 1 aliphatic heterocycles. The number of nitrogens with zero attached hydrogens (tertiary/aromatic N) is 1. The van der Waals surface area contributed by atoms with Gasteiger partial charge in [0.1, 0.15) is 0 Å². The lowest BCUT2D eigenvalue weighted by atomic mass is 10.1. The first-order chi connectivity index (χ1) is 10.0. The van der Waals surface area contributed by atoms with E-state index in [1.807, 2.05) is 30.9 Å². The molecular weight excluding hydrogens is 288 g/mol. The predicted molar refractivity (Wildman–Crippen MR) is 82.3 cm³/mol. The molecule has 0 saturated heterocycles. The maximum absolute atomic E-state index is 12.1. The van der Waals surface area contributed by atoms with E-state index in [1.54, 1.807) is 12.1 Å². The van der Waals surface area contributed by atoms with Crippen molar-refractivity contribution in [2.75, 3.05) is 17.8 Å². The predicted octanol–water partition coefficient (Wildman–Crippen LogP) is 2.00. The van der Waals surface area contributed by atoms with E-state index in [-0.39, 0.29) is 5.91 Å². The van der Waals surface area contributed by atoms with E-state index in [4.69, 9.17) is 0 Å². The summed E-state index contributed by atoms with van der Waals surface area (Å²) in [5.74, 6) is 0.148. The van der Waals surface area contributed by atoms with Crippen molar-refractivity contribution in [2.45, 2.75) is 26.7 Å². The third-order valence-corrected chi connectivity index (χ3v) is 4.07. The van der Waals surface area contributed by atoms with Crippen LogP contribution in [0.1, 0.15) is 25.8 Å². The van der Waals surface area contributed by atoms with Gasteiger partial charge in [0.2, 0.25) is 5.91 Å². The molecule has 5 nitrogen and oxygen atoms in total. The Labute approximate surface area is 127 Å². The molecule has 1 heterocycles. The van der Waals surface area contributed by atoms with Gasteiger partial charge in [0.25, 0.3) is 0 Å². The second-order valence-electron chi connectivity index (χ2n) is 5.12. The molecule has 1 aliphatic rings. The van der Waals surface area contributed by atoms with Gasteiger partial charge in [-0.15, -0.1) is 0 Å². The van der Waals surface area contributed by atoms with Crippen molar-refractivity contribution in [3.05, 3.63) is 41.0 Å². The number of anilines is 1. The second-order valence-corrected chi connectivity index (χ2v) is 5.80. The van der Waals surface area contributed by atoms with Crippen LogP contribution >= 0.6 is 0 Å². The summed E-state index contributed by atoms with van der Waals surface area (Å²) in [6, 6.07) is 7.18. The molecule has 0 aromatic heterocycles. The third-order valence-electron chi connectivity index (χ3n) is 3.67. The first-order valence-corrected chi connectivity index (χ1v) is 8.01. The number of benzene rings is 1. The van der Waals surface area contributed by atoms with Crippen molar-refractivity contribution in [3.8, 4) is 0 Å². The van der Waals surface area contributed by atoms with Crippen molar-refractivity contribution in [1.82, 2.24) is 4.90 Å². The van der Waals surface area contributed by atoms with Crippen LogP contribution in [-0.4, -0.2) is 32.7 Å². The maximum Gasteiger partial charge on any atom is 0.250 e. The van der Waals surface area contributed by atoms with Gasteiger partial charge in [0.15, 0.2) is 0 Å². The number of rotatable bonds is 6. The van der Waals surface area contributed by atoms with Gasteiger partial charge in [0.05, 0.1) is 0 Å². The lowest BCUT2D eigenvalue weighted by Gasteiger charge is -2.17. The van der Waals surface area contributed by atoms with Crippen LogP contribution < -0.4 is 4.72 Å². The van der Waals surface area contributed by atoms with E-state index < -0.39 is 11.3 Å². The highest BCUT2D eigenvalue weighted by molar-refractivity contribution is 7.80. The van der Waals surface area contributed by atoms with E-state index in [0.29, 0.717) is 12.2 Å². The fourth-order valence-electron chi connectivity index (χ4n) is 2.56. The molecule has 0 bridgehead atoms. The van der Waals surface area contributed by atoms with E-state index in [2.05, 4.69) is 4.72 Å². The average molecular weight is 307 g/mol. The molecular formula is C15H19N2O3S-. The van der Waals surface area contributed by atoms with Gasteiger partial charge in [-0.25, -0.2) is 0 Å². The highest BCUT2D eigenvalue weighted by Crippen LogP contribution is 2.21. The van der Waals surface area contributed by atoms with E-state index in [9.17, 15) is 13.6 Å². The Kier molecular flexibility index (Phi) is 5.14. The van der Waals surface area contributed by atoms with Crippen LogP contribution in [0.5, 0.6) is 0 Å². The molecule has 0 saturated carbocycles. The Morgan fingerprint density at radius 2 is 2.00 bits per heavy atom. The van der Waals surface area contributed by atoms with Gasteiger partial charge in [-0.3, -0.25) is 9.00 Å². The fraction of sp³-hybridized carbons (Fsp3) is 0.400. The molecule has 1 aromatic rings. The minimum atomic E-state index is -2.30. The van der Waals surface area contributed by atoms with Crippen LogP contribution in [0.15, 0.2) is 35.4 Å². The Hall–Kier alpha value is -1.66. The van der Waals surface area contributed by atoms with Crippen molar-refractivity contribution in [3.63, 3.8) is 0 Å². The van der Waals surface area contributed by atoms with Crippen molar-refractivity contribution in [2.24, 2.45) is 0 Å². The maximum atomic E-state index is 12.1. The lowest BCUT2D eigenvalue weighted by molar-refractivity contribution is -0.125. The molecule has 0 spiro atoms. The smallest absolute Gasteiger partial charge is 0.250 e. The summed E-state index contributed by atoms with van der Waals surface area (Å²) in [6.45, 7) is 5.42. The van der Waals surface area contributed by atoms with Crippen LogP contribution in [0, 0.1) is 0 Å². The minimum Gasteiger partial charge on any atom is -0.755 e. The largest absolute Gasteiger partial charge is 0.755 e. The highest BCUT2D eigenvalue weighted by atomic mass is 32.2. The standard InChI is InChI=1S/C15H20N2O3S/c1-3-14-11(2)10-17(15(14)18)9-8-12-4-6-13(7-5-12)16-21(19)20/h4-7,16H,3,8-10H2,1-2H3,(H,19,20)/p-1. The number of carbonyl (C=O) groups is 1. The molecule has 1 aromatic carbocycles. The van der Waals surface area contributed by atoms with Crippen LogP contribution in [-0.2, 0) is 22.5 Å². The SMILES string of the molecule is CCC1=C(C)CN(CCc2ccc(NS(=O)[O-])cc2)C1=O. The summed E-state index contributed by atoms with van der Waals surface area (Å²) in [6.07, 6.45) is 1.55. The Balaban J connectivity index is 1.90. The Bertz CT molecular complexity index is 581. The molecule has 1 N–H and O–H groups in total. The number of carbonyl (C=O) groups excluding carboxylic acids is 1. The van der Waals surface area contributed by atoms with Crippen molar-refractivity contribution >= 4 is 22.9 Å². The Morgan fingerprint density at radius 1 is 1.33 bits per heavy atom. The summed E-state index contributed by atoms with van der Waals surface area (Å²) >= 11 is -2.30. The molecule has 1 atom stereocenters. The van der Waals surface area contributed by atoms with Gasteiger partial charge >= 0.3 is 0 Å². The average Bonchev–Trinajstić information content (AvgIpc) is 2.71. The number of hydrogen-bond donors (Lipinski definition) is 1. The fourth-order valence-corrected chi connectivity index (χ4v) is 2.89. The van der Waals surface area contributed by atoms with Gasteiger partial charge in [-0.05, 0) is 43.0 Å². The number of amides is 1. The first kappa shape index (κ1) is 15.7. The molecule has 0 fully saturated rings. The molecule has 0 aliphatic carbocycles. The van der Waals surface area contributed by atoms with E-state index in [1.165, 1.54) is 5.57 Å². The summed E-state index contributed by atoms with van der Waals surface area (Å²) in [5.41, 5.74) is 3.72. The summed E-state index contributed by atoms with van der Waals surface area (Å²) in [4.78, 5) is 14.0. The van der Waals surface area contributed by atoms with Gasteiger partial charge in [-0.1, -0.05) is 19.1 Å². The normalized spacial score (nSPS) is 16.5. The van der Waals surface area contributed by atoms with E-state index in [0.717, 1.165) is 30.5 Å². The topological polar surface area (TPSA) is 72.5 Å². The van der Waals surface area contributed by atoms with Crippen molar-refractivity contribution in [1.29, 1.82) is 0 Å². The van der Waals surface area contributed by atoms with Gasteiger partial charge < -0.3 is 14.2 Å². The van der Waals surface area contributed by atoms with Gasteiger partial charge in [0, 0.05) is 35.6 Å². The zero-order valence-electron chi connectivity index (χ0n) is 12.2. The van der Waals surface area contributed by atoms with Crippen LogP contribution in [0.25, 0.3) is 0 Å². The summed E-state index contributed by atoms with van der Waals surface area (Å²) < 4.78 is 23.3. The minimum absolute atomic E-state index is 0.148. The highest BCUT2D eigenvalue weighted by Gasteiger charge is 2.25. The Morgan fingerprint density at radius 3 is 2.52 bits per heavy atom. The van der Waals surface area contributed by atoms with Crippen LogP contribution in [0.2, 0.25) is 0 Å². The quantitative estimate of drug-likeness (QED) is 0.817. The number of nitrogens with one attached hydrogen (secondary N) is 1. The molecule has 1 amide bonds. The van der Waals surface area contributed by atoms with Crippen LogP contribution in [0.4, 0.5) is 5.69 Å². The van der Waals surface area contributed by atoms with Crippen LogP contribution in [0.3, 0.4) is 0 Å². The molecule has 1 unspecified atom stereocenters. The number of hydrogen-bond acceptors (Lipinski definition) is 3. The zero-order chi connectivity index (χ0) is 15.4.